The largest absolute Gasteiger partial charge is 0.497 e. The van der Waals surface area contributed by atoms with Crippen LogP contribution in [0.2, 0.25) is 0 Å². The molecular weight excluding hydrogens is 474 g/mol. The summed E-state index contributed by atoms with van der Waals surface area (Å²) in [6, 6.07) is 5.65. The summed E-state index contributed by atoms with van der Waals surface area (Å²) in [6.45, 7) is 0.980. The first kappa shape index (κ1) is 23.4. The van der Waals surface area contributed by atoms with Crippen LogP contribution in [0.25, 0.3) is 10.9 Å². The summed E-state index contributed by atoms with van der Waals surface area (Å²) in [5, 5.41) is 0.825. The SMILES string of the molecule is COc1ccc2ncnc(OCC3CCC4(CC3)CN(C3=COC=C(C5=CC=CCC5)O3)C(=O)O4)c2c1. The fraction of sp³-hybridized carbons (Fsp3) is 0.393. The molecule has 37 heavy (non-hydrogen) atoms. The molecule has 1 saturated heterocycles. The maximum absolute atomic E-state index is 12.8. The molecule has 1 saturated carbocycles. The van der Waals surface area contributed by atoms with Crippen LogP contribution in [0.5, 0.6) is 11.6 Å². The summed E-state index contributed by atoms with van der Waals surface area (Å²) in [4.78, 5) is 23.0. The molecule has 1 aromatic heterocycles. The molecule has 3 heterocycles. The molecule has 2 aromatic rings. The summed E-state index contributed by atoms with van der Waals surface area (Å²) in [6.07, 6.45) is 15.4. The lowest BCUT2D eigenvalue weighted by Crippen LogP contribution is -2.39. The third kappa shape index (κ3) is 4.73. The summed E-state index contributed by atoms with van der Waals surface area (Å²) < 4.78 is 29.0. The van der Waals surface area contributed by atoms with E-state index in [1.807, 2.05) is 30.4 Å². The molecule has 2 fully saturated rings. The van der Waals surface area contributed by atoms with Crippen molar-refractivity contribution in [3.8, 4) is 11.6 Å². The van der Waals surface area contributed by atoms with E-state index in [-0.39, 0.29) is 0 Å². The van der Waals surface area contributed by atoms with Crippen LogP contribution in [-0.4, -0.2) is 46.8 Å². The van der Waals surface area contributed by atoms with E-state index in [2.05, 4.69) is 16.0 Å². The number of hydrogen-bond donors (Lipinski definition) is 0. The maximum Gasteiger partial charge on any atom is 0.417 e. The zero-order valence-corrected chi connectivity index (χ0v) is 20.7. The molecule has 4 aliphatic rings. The van der Waals surface area contributed by atoms with Crippen LogP contribution < -0.4 is 9.47 Å². The molecule has 9 heteroatoms. The molecule has 2 aliphatic heterocycles. The van der Waals surface area contributed by atoms with Gasteiger partial charge in [-0.15, -0.1) is 0 Å². The van der Waals surface area contributed by atoms with E-state index < -0.39 is 11.7 Å². The number of hydrogen-bond acceptors (Lipinski definition) is 8. The van der Waals surface area contributed by atoms with Gasteiger partial charge in [0.25, 0.3) is 0 Å². The normalized spacial score (nSPS) is 25.1. The molecule has 1 aromatic carbocycles. The Labute approximate surface area is 215 Å². The summed E-state index contributed by atoms with van der Waals surface area (Å²) in [7, 11) is 1.63. The van der Waals surface area contributed by atoms with Crippen LogP contribution in [0.3, 0.4) is 0 Å². The highest BCUT2D eigenvalue weighted by atomic mass is 16.6. The number of allylic oxidation sites excluding steroid dienone is 4. The number of amides is 1. The second-order valence-electron chi connectivity index (χ2n) is 9.79. The third-order valence-corrected chi connectivity index (χ3v) is 7.40. The minimum absolute atomic E-state index is 0.336. The molecule has 0 N–H and O–H groups in total. The minimum atomic E-state index is -0.527. The van der Waals surface area contributed by atoms with Crippen molar-refractivity contribution in [1.82, 2.24) is 14.9 Å². The Morgan fingerprint density at radius 2 is 2.08 bits per heavy atom. The standard InChI is InChI=1S/C28H29N3O6/c1-33-21-7-8-23-22(13-21)26(30-18-29-23)35-14-19-9-11-28(12-10-19)17-31(27(32)37-28)25-16-34-15-24(36-25)20-5-3-2-4-6-20/h2-3,5,7-8,13,15-16,18-19H,4,6,9-12,14,17H2,1H3. The van der Waals surface area contributed by atoms with E-state index in [0.29, 0.717) is 36.6 Å². The summed E-state index contributed by atoms with van der Waals surface area (Å²) in [5.74, 6) is 2.62. The van der Waals surface area contributed by atoms with E-state index in [9.17, 15) is 4.79 Å². The van der Waals surface area contributed by atoms with Crippen LogP contribution in [0.1, 0.15) is 38.5 Å². The topological polar surface area (TPSA) is 92.2 Å². The van der Waals surface area contributed by atoms with Gasteiger partial charge in [0, 0.05) is 0 Å². The predicted molar refractivity (Wildman–Crippen MR) is 134 cm³/mol. The van der Waals surface area contributed by atoms with Crippen LogP contribution in [-0.2, 0) is 14.2 Å². The molecule has 9 nitrogen and oxygen atoms in total. The Morgan fingerprint density at radius 1 is 1.19 bits per heavy atom. The van der Waals surface area contributed by atoms with Gasteiger partial charge in [0.2, 0.25) is 11.8 Å². The van der Waals surface area contributed by atoms with Gasteiger partial charge >= 0.3 is 6.09 Å². The van der Waals surface area contributed by atoms with Crippen molar-refractivity contribution in [3.63, 3.8) is 0 Å². The molecular formula is C28H29N3O6. The Hall–Kier alpha value is -4.01. The molecule has 1 amide bonds. The summed E-state index contributed by atoms with van der Waals surface area (Å²) in [5.41, 5.74) is 1.33. The van der Waals surface area contributed by atoms with Crippen molar-refractivity contribution in [3.05, 3.63) is 72.5 Å². The van der Waals surface area contributed by atoms with Crippen molar-refractivity contribution >= 4 is 17.0 Å². The predicted octanol–water partition coefficient (Wildman–Crippen LogP) is 5.36. The highest BCUT2D eigenvalue weighted by Crippen LogP contribution is 2.42. The van der Waals surface area contributed by atoms with Gasteiger partial charge in [0.05, 0.1) is 31.2 Å². The number of fused-ring (bicyclic) bond motifs is 1. The van der Waals surface area contributed by atoms with E-state index in [4.69, 9.17) is 23.7 Å². The Bertz CT molecular complexity index is 1320. The van der Waals surface area contributed by atoms with Crippen LogP contribution in [0, 0.1) is 5.92 Å². The van der Waals surface area contributed by atoms with Gasteiger partial charge in [0.15, 0.2) is 12.0 Å². The average molecular weight is 504 g/mol. The average Bonchev–Trinajstić information content (AvgIpc) is 3.28. The number of rotatable bonds is 6. The second kappa shape index (κ2) is 9.80. The zero-order valence-electron chi connectivity index (χ0n) is 20.7. The number of methoxy groups -OCH3 is 1. The number of aromatic nitrogens is 2. The first-order valence-electron chi connectivity index (χ1n) is 12.6. The van der Waals surface area contributed by atoms with Crippen molar-refractivity contribution in [2.24, 2.45) is 5.92 Å². The highest BCUT2D eigenvalue weighted by Gasteiger charge is 2.49. The van der Waals surface area contributed by atoms with Gasteiger partial charge in [-0.05, 0) is 68.2 Å². The Kier molecular flexibility index (Phi) is 6.20. The zero-order chi connectivity index (χ0) is 25.2. The first-order chi connectivity index (χ1) is 18.1. The fourth-order valence-corrected chi connectivity index (χ4v) is 5.26. The highest BCUT2D eigenvalue weighted by molar-refractivity contribution is 5.84. The first-order valence-corrected chi connectivity index (χ1v) is 12.6. The monoisotopic (exact) mass is 503 g/mol. The third-order valence-electron chi connectivity index (χ3n) is 7.40. The van der Waals surface area contributed by atoms with Gasteiger partial charge in [-0.1, -0.05) is 18.2 Å². The second-order valence-corrected chi connectivity index (χ2v) is 9.79. The van der Waals surface area contributed by atoms with E-state index in [0.717, 1.165) is 60.8 Å². The lowest BCUT2D eigenvalue weighted by molar-refractivity contribution is 0.00681. The van der Waals surface area contributed by atoms with E-state index in [1.54, 1.807) is 18.3 Å². The van der Waals surface area contributed by atoms with Crippen molar-refractivity contribution in [1.29, 1.82) is 0 Å². The molecule has 2 aliphatic carbocycles. The van der Waals surface area contributed by atoms with Crippen LogP contribution >= 0.6 is 0 Å². The Morgan fingerprint density at radius 3 is 2.89 bits per heavy atom. The molecule has 192 valence electrons. The van der Waals surface area contributed by atoms with Crippen molar-refractivity contribution in [2.75, 3.05) is 20.3 Å². The summed E-state index contributed by atoms with van der Waals surface area (Å²) >= 11 is 0. The quantitative estimate of drug-likeness (QED) is 0.520. The minimum Gasteiger partial charge on any atom is -0.497 e. The van der Waals surface area contributed by atoms with E-state index in [1.165, 1.54) is 12.6 Å². The number of carbonyl (C=O) groups excluding carboxylic acids is 1. The van der Waals surface area contributed by atoms with Gasteiger partial charge in [-0.25, -0.2) is 19.7 Å². The van der Waals surface area contributed by atoms with Gasteiger partial charge < -0.3 is 23.7 Å². The molecule has 6 rings (SSSR count). The molecule has 0 atom stereocenters. The Balaban J connectivity index is 1.06. The number of nitrogens with zero attached hydrogens (tertiary/aromatic N) is 3. The lowest BCUT2D eigenvalue weighted by atomic mass is 9.79. The van der Waals surface area contributed by atoms with Crippen LogP contribution in [0.15, 0.2) is 72.5 Å². The van der Waals surface area contributed by atoms with Crippen LogP contribution in [0.4, 0.5) is 4.79 Å². The fourth-order valence-electron chi connectivity index (χ4n) is 5.26. The van der Waals surface area contributed by atoms with Crippen molar-refractivity contribution in [2.45, 2.75) is 44.1 Å². The van der Waals surface area contributed by atoms with Gasteiger partial charge in [-0.2, -0.15) is 0 Å². The number of benzene rings is 1. The van der Waals surface area contributed by atoms with Gasteiger partial charge in [-0.3, -0.25) is 0 Å². The van der Waals surface area contributed by atoms with Gasteiger partial charge in [0.1, 0.15) is 23.9 Å². The molecule has 0 radical (unpaired) electrons. The maximum atomic E-state index is 12.8. The lowest BCUT2D eigenvalue weighted by Gasteiger charge is -2.35. The van der Waals surface area contributed by atoms with Crippen molar-refractivity contribution < 1.29 is 28.5 Å². The molecule has 0 bridgehead atoms. The number of ether oxygens (including phenoxy) is 5. The molecule has 0 unspecified atom stereocenters. The molecule has 1 spiro atoms. The van der Waals surface area contributed by atoms with E-state index >= 15 is 0 Å². The number of carbonyl (C=O) groups is 1. The smallest absolute Gasteiger partial charge is 0.417 e.